The fraction of sp³-hybridized carbons (Fsp3) is 0.421. The first-order valence-electron chi connectivity index (χ1n) is 8.72. The minimum absolute atomic E-state index is 0.0302. The Balaban J connectivity index is 1.61. The third-order valence-electron chi connectivity index (χ3n) is 4.46. The molecule has 0 radical (unpaired) electrons. The minimum atomic E-state index is -0.0302. The molecule has 1 amide bonds. The van der Waals surface area contributed by atoms with Crippen LogP contribution in [0.15, 0.2) is 36.7 Å². The van der Waals surface area contributed by atoms with Gasteiger partial charge in [0, 0.05) is 37.1 Å². The van der Waals surface area contributed by atoms with Gasteiger partial charge in [0.1, 0.15) is 11.5 Å². The molecule has 3 rings (SSSR count). The van der Waals surface area contributed by atoms with Crippen LogP contribution in [0.1, 0.15) is 18.4 Å². The van der Waals surface area contributed by atoms with Crippen LogP contribution in [0.5, 0.6) is 11.5 Å². The average Bonchev–Trinajstić information content (AvgIpc) is 2.68. The van der Waals surface area contributed by atoms with Gasteiger partial charge in [0.15, 0.2) is 0 Å². The van der Waals surface area contributed by atoms with Crippen LogP contribution in [0.4, 0.5) is 5.95 Å². The van der Waals surface area contributed by atoms with E-state index in [0.717, 1.165) is 24.9 Å². The molecule has 7 heteroatoms. The van der Waals surface area contributed by atoms with Gasteiger partial charge in [-0.15, -0.1) is 0 Å². The highest BCUT2D eigenvalue weighted by atomic mass is 16.5. The van der Waals surface area contributed by atoms with Crippen LogP contribution in [-0.2, 0) is 11.2 Å². The molecule has 1 aliphatic heterocycles. The Bertz CT molecular complexity index is 739. The zero-order chi connectivity index (χ0) is 18.4. The predicted molar refractivity (Wildman–Crippen MR) is 98.7 cm³/mol. The van der Waals surface area contributed by atoms with Crippen LogP contribution in [-0.4, -0.2) is 49.2 Å². The molecule has 1 aliphatic rings. The minimum Gasteiger partial charge on any atom is -0.497 e. The Morgan fingerprint density at radius 2 is 2.08 bits per heavy atom. The summed E-state index contributed by atoms with van der Waals surface area (Å²) in [6, 6.07) is 7.35. The van der Waals surface area contributed by atoms with Crippen molar-refractivity contribution in [1.29, 1.82) is 0 Å². The Hall–Kier alpha value is -2.83. The summed E-state index contributed by atoms with van der Waals surface area (Å²) in [6.07, 6.45) is 5.66. The van der Waals surface area contributed by atoms with Crippen LogP contribution in [0.2, 0.25) is 0 Å². The molecule has 1 saturated heterocycles. The predicted octanol–water partition coefficient (Wildman–Crippen LogP) is 1.82. The summed E-state index contributed by atoms with van der Waals surface area (Å²) < 4.78 is 10.6. The van der Waals surface area contributed by atoms with Gasteiger partial charge in [-0.3, -0.25) is 4.79 Å². The lowest BCUT2D eigenvalue weighted by Crippen LogP contribution is -2.48. The van der Waals surface area contributed by atoms with Crippen LogP contribution in [0, 0.1) is 0 Å². The van der Waals surface area contributed by atoms with E-state index in [-0.39, 0.29) is 18.4 Å². The van der Waals surface area contributed by atoms with Gasteiger partial charge in [0.2, 0.25) is 11.9 Å². The number of carbonyl (C=O) groups is 1. The van der Waals surface area contributed by atoms with Crippen LogP contribution >= 0.6 is 0 Å². The topological polar surface area (TPSA) is 76.6 Å². The highest BCUT2D eigenvalue weighted by molar-refractivity contribution is 5.80. The smallest absolute Gasteiger partial charge is 0.225 e. The lowest BCUT2D eigenvalue weighted by molar-refractivity contribution is -0.121. The van der Waals surface area contributed by atoms with E-state index in [1.807, 2.05) is 18.2 Å². The Kier molecular flexibility index (Phi) is 5.88. The number of hydrogen-bond acceptors (Lipinski definition) is 6. The number of aromatic nitrogens is 2. The molecule has 0 aliphatic carbocycles. The Morgan fingerprint density at radius 3 is 2.81 bits per heavy atom. The van der Waals surface area contributed by atoms with Crippen molar-refractivity contribution in [3.8, 4) is 11.5 Å². The number of hydrogen-bond donors (Lipinski definition) is 1. The molecule has 138 valence electrons. The maximum Gasteiger partial charge on any atom is 0.225 e. The van der Waals surface area contributed by atoms with Gasteiger partial charge >= 0.3 is 0 Å². The molecule has 0 bridgehead atoms. The third-order valence-corrected chi connectivity index (χ3v) is 4.46. The number of amides is 1. The van der Waals surface area contributed by atoms with E-state index in [1.165, 1.54) is 0 Å². The number of nitrogens with one attached hydrogen (secondary N) is 1. The molecule has 0 spiro atoms. The summed E-state index contributed by atoms with van der Waals surface area (Å²) in [6.45, 7) is 1.62. The molecule has 0 saturated carbocycles. The van der Waals surface area contributed by atoms with E-state index >= 15 is 0 Å². The van der Waals surface area contributed by atoms with E-state index in [2.05, 4.69) is 20.2 Å². The SMILES string of the molecule is COc1ccc(OC)c(CC(=O)NC2CCCN(c3ncccn3)C2)c1. The quantitative estimate of drug-likeness (QED) is 0.851. The molecular weight excluding hydrogens is 332 g/mol. The van der Waals surface area contributed by atoms with Gasteiger partial charge in [-0.2, -0.15) is 0 Å². The van der Waals surface area contributed by atoms with Crippen molar-refractivity contribution in [2.24, 2.45) is 0 Å². The zero-order valence-corrected chi connectivity index (χ0v) is 15.1. The summed E-state index contributed by atoms with van der Waals surface area (Å²) in [5.41, 5.74) is 0.809. The number of piperidine rings is 1. The summed E-state index contributed by atoms with van der Waals surface area (Å²) >= 11 is 0. The number of rotatable bonds is 6. The Labute approximate surface area is 153 Å². The standard InChI is InChI=1S/C19H24N4O3/c1-25-16-6-7-17(26-2)14(11-16)12-18(24)22-15-5-3-10-23(13-15)19-20-8-4-9-21-19/h4,6-9,11,15H,3,5,10,12-13H2,1-2H3,(H,22,24). The second-order valence-electron chi connectivity index (χ2n) is 6.26. The lowest BCUT2D eigenvalue weighted by atomic mass is 10.0. The number of benzene rings is 1. The molecule has 26 heavy (non-hydrogen) atoms. The number of carbonyl (C=O) groups excluding carboxylic acids is 1. The summed E-state index contributed by atoms with van der Waals surface area (Å²) in [4.78, 5) is 23.2. The van der Waals surface area contributed by atoms with Crippen molar-refractivity contribution in [3.63, 3.8) is 0 Å². The van der Waals surface area contributed by atoms with Gasteiger partial charge in [-0.25, -0.2) is 9.97 Å². The lowest BCUT2D eigenvalue weighted by Gasteiger charge is -2.33. The Morgan fingerprint density at radius 1 is 1.27 bits per heavy atom. The molecule has 7 nitrogen and oxygen atoms in total. The molecule has 1 atom stereocenters. The largest absolute Gasteiger partial charge is 0.497 e. The number of nitrogens with zero attached hydrogens (tertiary/aromatic N) is 3. The van der Waals surface area contributed by atoms with Crippen molar-refractivity contribution in [2.75, 3.05) is 32.2 Å². The van der Waals surface area contributed by atoms with Gasteiger partial charge in [0.25, 0.3) is 0 Å². The molecular formula is C19H24N4O3. The first-order chi connectivity index (χ1) is 12.7. The normalized spacial score (nSPS) is 16.8. The van der Waals surface area contributed by atoms with Crippen LogP contribution in [0.25, 0.3) is 0 Å². The van der Waals surface area contributed by atoms with Crippen molar-refractivity contribution in [1.82, 2.24) is 15.3 Å². The van der Waals surface area contributed by atoms with Gasteiger partial charge < -0.3 is 19.7 Å². The van der Waals surface area contributed by atoms with Gasteiger partial charge in [0.05, 0.1) is 20.6 Å². The second-order valence-corrected chi connectivity index (χ2v) is 6.26. The monoisotopic (exact) mass is 356 g/mol. The second kappa shape index (κ2) is 8.51. The third kappa shape index (κ3) is 4.41. The molecule has 2 aromatic rings. The number of anilines is 1. The highest BCUT2D eigenvalue weighted by Gasteiger charge is 2.23. The van der Waals surface area contributed by atoms with E-state index in [9.17, 15) is 4.79 Å². The molecule has 1 fully saturated rings. The highest BCUT2D eigenvalue weighted by Crippen LogP contribution is 2.24. The van der Waals surface area contributed by atoms with Crippen molar-refractivity contribution in [2.45, 2.75) is 25.3 Å². The van der Waals surface area contributed by atoms with Crippen molar-refractivity contribution >= 4 is 11.9 Å². The maximum atomic E-state index is 12.5. The number of ether oxygens (including phenoxy) is 2. The molecule has 1 unspecified atom stereocenters. The molecule has 2 heterocycles. The molecule has 1 N–H and O–H groups in total. The first kappa shape index (κ1) is 18.0. The van der Waals surface area contributed by atoms with E-state index in [4.69, 9.17) is 9.47 Å². The summed E-state index contributed by atoms with van der Waals surface area (Å²) in [5, 5.41) is 3.12. The fourth-order valence-electron chi connectivity index (χ4n) is 3.20. The van der Waals surface area contributed by atoms with E-state index in [1.54, 1.807) is 32.7 Å². The van der Waals surface area contributed by atoms with Crippen LogP contribution in [0.3, 0.4) is 0 Å². The first-order valence-corrected chi connectivity index (χ1v) is 8.72. The number of methoxy groups -OCH3 is 2. The van der Waals surface area contributed by atoms with Gasteiger partial charge in [-0.1, -0.05) is 0 Å². The van der Waals surface area contributed by atoms with Crippen LogP contribution < -0.4 is 19.7 Å². The molecule has 1 aromatic heterocycles. The molecule has 1 aromatic carbocycles. The van der Waals surface area contributed by atoms with Crippen molar-refractivity contribution in [3.05, 3.63) is 42.2 Å². The summed E-state index contributed by atoms with van der Waals surface area (Å²) in [5.74, 6) is 2.07. The van der Waals surface area contributed by atoms with Crippen molar-refractivity contribution < 1.29 is 14.3 Å². The fourth-order valence-corrected chi connectivity index (χ4v) is 3.20. The van der Waals surface area contributed by atoms with E-state index in [0.29, 0.717) is 24.0 Å². The average molecular weight is 356 g/mol. The maximum absolute atomic E-state index is 12.5. The summed E-state index contributed by atoms with van der Waals surface area (Å²) in [7, 11) is 3.20. The zero-order valence-electron chi connectivity index (χ0n) is 15.1. The van der Waals surface area contributed by atoms with Gasteiger partial charge in [-0.05, 0) is 37.1 Å². The van der Waals surface area contributed by atoms with E-state index < -0.39 is 0 Å².